The highest BCUT2D eigenvalue weighted by Crippen LogP contribution is 2.28. The molecule has 0 aromatic carbocycles. The van der Waals surface area contributed by atoms with Crippen molar-refractivity contribution < 1.29 is 9.84 Å². The maximum Gasteiger partial charge on any atom is 0.0897 e. The third-order valence-electron chi connectivity index (χ3n) is 3.96. The average Bonchev–Trinajstić information content (AvgIpc) is 2.88. The molecule has 1 aromatic rings. The Labute approximate surface area is 126 Å². The van der Waals surface area contributed by atoms with Crippen molar-refractivity contribution >= 4 is 11.3 Å². The van der Waals surface area contributed by atoms with Crippen LogP contribution >= 0.6 is 11.3 Å². The molecule has 1 aliphatic carbocycles. The van der Waals surface area contributed by atoms with Gasteiger partial charge >= 0.3 is 0 Å². The molecule has 1 aromatic heterocycles. The van der Waals surface area contributed by atoms with Gasteiger partial charge in [0.1, 0.15) is 0 Å². The number of nitrogens with one attached hydrogen (secondary N) is 1. The number of rotatable bonds is 7. The lowest BCUT2D eigenvalue weighted by molar-refractivity contribution is 0.0271. The molecule has 3 atom stereocenters. The normalized spacial score (nSPS) is 28.4. The monoisotopic (exact) mass is 297 g/mol. The Morgan fingerprint density at radius 2 is 2.10 bits per heavy atom. The fourth-order valence-corrected chi connectivity index (χ4v) is 3.81. The van der Waals surface area contributed by atoms with E-state index >= 15 is 0 Å². The summed E-state index contributed by atoms with van der Waals surface area (Å²) in [4.78, 5) is 1.21. The minimum Gasteiger partial charge on any atom is -0.389 e. The number of hydrogen-bond donors (Lipinski definition) is 2. The molecule has 0 amide bonds. The highest BCUT2D eigenvalue weighted by Gasteiger charge is 2.23. The molecule has 2 N–H and O–H groups in total. The van der Waals surface area contributed by atoms with Crippen LogP contribution in [-0.2, 0) is 11.3 Å². The van der Waals surface area contributed by atoms with Crippen LogP contribution in [-0.4, -0.2) is 30.4 Å². The fourth-order valence-electron chi connectivity index (χ4n) is 3.17. The summed E-state index contributed by atoms with van der Waals surface area (Å²) in [7, 11) is 0. The Morgan fingerprint density at radius 1 is 1.35 bits per heavy atom. The van der Waals surface area contributed by atoms with E-state index in [-0.39, 0.29) is 0 Å². The molecule has 0 spiro atoms. The standard InChI is InChI=1S/C16H27NO2S/c1-12-6-13(2)8-14(7-12)17-9-15(18)10-19-11-16-4-3-5-20-16/h3-5,12-15,17-18H,6-11H2,1-2H3. The molecule has 114 valence electrons. The summed E-state index contributed by atoms with van der Waals surface area (Å²) in [5, 5.41) is 15.5. The number of thiophene rings is 1. The van der Waals surface area contributed by atoms with Gasteiger partial charge in [0.05, 0.1) is 19.3 Å². The molecule has 0 radical (unpaired) electrons. The maximum atomic E-state index is 9.96. The topological polar surface area (TPSA) is 41.5 Å². The van der Waals surface area contributed by atoms with Gasteiger partial charge in [0.2, 0.25) is 0 Å². The van der Waals surface area contributed by atoms with Crippen LogP contribution in [0.25, 0.3) is 0 Å². The molecule has 1 saturated carbocycles. The summed E-state index contributed by atoms with van der Waals surface area (Å²) in [6.07, 6.45) is 3.38. The zero-order valence-corrected chi connectivity index (χ0v) is 13.4. The smallest absolute Gasteiger partial charge is 0.0897 e. The molecule has 1 aliphatic rings. The van der Waals surface area contributed by atoms with E-state index in [1.807, 2.05) is 11.4 Å². The Kier molecular flexibility index (Phi) is 6.49. The van der Waals surface area contributed by atoms with Gasteiger partial charge in [0.25, 0.3) is 0 Å². The van der Waals surface area contributed by atoms with Crippen LogP contribution in [0.15, 0.2) is 17.5 Å². The summed E-state index contributed by atoms with van der Waals surface area (Å²) in [5.74, 6) is 1.59. The lowest BCUT2D eigenvalue weighted by Gasteiger charge is -2.32. The molecule has 0 saturated heterocycles. The first kappa shape index (κ1) is 16.0. The Balaban J connectivity index is 1.58. The van der Waals surface area contributed by atoms with E-state index in [0.717, 1.165) is 11.8 Å². The fraction of sp³-hybridized carbons (Fsp3) is 0.750. The lowest BCUT2D eigenvalue weighted by atomic mass is 9.80. The molecule has 4 heteroatoms. The molecule has 20 heavy (non-hydrogen) atoms. The van der Waals surface area contributed by atoms with E-state index in [1.165, 1.54) is 24.1 Å². The Hall–Kier alpha value is -0.420. The largest absolute Gasteiger partial charge is 0.389 e. The van der Waals surface area contributed by atoms with Crippen molar-refractivity contribution in [1.29, 1.82) is 0 Å². The first-order valence-electron chi connectivity index (χ1n) is 7.65. The van der Waals surface area contributed by atoms with Crippen molar-refractivity contribution in [2.24, 2.45) is 11.8 Å². The molecule has 0 aliphatic heterocycles. The molecule has 3 nitrogen and oxygen atoms in total. The molecule has 3 unspecified atom stereocenters. The van der Waals surface area contributed by atoms with Crippen LogP contribution in [0.2, 0.25) is 0 Å². The summed E-state index contributed by atoms with van der Waals surface area (Å²) in [6.45, 7) is 6.29. The van der Waals surface area contributed by atoms with Gasteiger partial charge in [-0.2, -0.15) is 0 Å². The predicted molar refractivity (Wildman–Crippen MR) is 84.0 cm³/mol. The van der Waals surface area contributed by atoms with Crippen molar-refractivity contribution in [3.05, 3.63) is 22.4 Å². The van der Waals surface area contributed by atoms with Crippen LogP contribution in [0.4, 0.5) is 0 Å². The zero-order valence-electron chi connectivity index (χ0n) is 12.5. The van der Waals surface area contributed by atoms with Crippen LogP contribution in [0, 0.1) is 11.8 Å². The van der Waals surface area contributed by atoms with Crippen molar-refractivity contribution in [1.82, 2.24) is 5.32 Å². The first-order chi connectivity index (χ1) is 9.63. The second-order valence-electron chi connectivity index (χ2n) is 6.27. The summed E-state index contributed by atoms with van der Waals surface area (Å²) < 4.78 is 5.54. The summed E-state index contributed by atoms with van der Waals surface area (Å²) in [6, 6.07) is 4.63. The third-order valence-corrected chi connectivity index (χ3v) is 4.81. The van der Waals surface area contributed by atoms with Crippen LogP contribution in [0.1, 0.15) is 38.0 Å². The minimum atomic E-state index is -0.414. The van der Waals surface area contributed by atoms with E-state index in [9.17, 15) is 5.11 Å². The molecular formula is C16H27NO2S. The van der Waals surface area contributed by atoms with Crippen molar-refractivity contribution in [3.8, 4) is 0 Å². The van der Waals surface area contributed by atoms with Gasteiger partial charge in [-0.25, -0.2) is 0 Å². The SMILES string of the molecule is CC1CC(C)CC(NCC(O)COCc2cccs2)C1. The summed E-state index contributed by atoms with van der Waals surface area (Å²) >= 11 is 1.69. The quantitative estimate of drug-likeness (QED) is 0.813. The van der Waals surface area contributed by atoms with Crippen molar-refractivity contribution in [3.63, 3.8) is 0 Å². The van der Waals surface area contributed by atoms with Gasteiger partial charge in [-0.3, -0.25) is 0 Å². The highest BCUT2D eigenvalue weighted by molar-refractivity contribution is 7.09. The van der Waals surface area contributed by atoms with E-state index in [2.05, 4.69) is 25.2 Å². The van der Waals surface area contributed by atoms with E-state index < -0.39 is 6.10 Å². The molecular weight excluding hydrogens is 270 g/mol. The van der Waals surface area contributed by atoms with Gasteiger partial charge in [0, 0.05) is 17.5 Å². The van der Waals surface area contributed by atoms with Gasteiger partial charge < -0.3 is 15.2 Å². The predicted octanol–water partition coefficient (Wildman–Crippen LogP) is 3.04. The van der Waals surface area contributed by atoms with Crippen LogP contribution in [0.3, 0.4) is 0 Å². The van der Waals surface area contributed by atoms with Crippen molar-refractivity contribution in [2.45, 2.75) is 51.9 Å². The molecule has 0 bridgehead atoms. The van der Waals surface area contributed by atoms with Crippen LogP contribution < -0.4 is 5.32 Å². The van der Waals surface area contributed by atoms with E-state index in [1.54, 1.807) is 11.3 Å². The molecule has 2 rings (SSSR count). The number of aliphatic hydroxyl groups excluding tert-OH is 1. The highest BCUT2D eigenvalue weighted by atomic mass is 32.1. The van der Waals surface area contributed by atoms with Gasteiger partial charge in [-0.05, 0) is 42.5 Å². The molecule has 1 fully saturated rings. The average molecular weight is 297 g/mol. The third kappa shape index (κ3) is 5.52. The lowest BCUT2D eigenvalue weighted by Crippen LogP contribution is -2.41. The van der Waals surface area contributed by atoms with Gasteiger partial charge in [0.15, 0.2) is 0 Å². The van der Waals surface area contributed by atoms with E-state index in [0.29, 0.717) is 25.8 Å². The first-order valence-corrected chi connectivity index (χ1v) is 8.53. The number of hydrogen-bond acceptors (Lipinski definition) is 4. The Bertz CT molecular complexity index is 359. The molecule has 1 heterocycles. The zero-order chi connectivity index (χ0) is 14.4. The maximum absolute atomic E-state index is 9.96. The van der Waals surface area contributed by atoms with Crippen LogP contribution in [0.5, 0.6) is 0 Å². The number of ether oxygens (including phenoxy) is 1. The summed E-state index contributed by atoms with van der Waals surface area (Å²) in [5.41, 5.74) is 0. The second-order valence-corrected chi connectivity index (χ2v) is 7.30. The van der Waals surface area contributed by atoms with Gasteiger partial charge in [-0.15, -0.1) is 11.3 Å². The second kappa shape index (κ2) is 8.13. The Morgan fingerprint density at radius 3 is 2.75 bits per heavy atom. The minimum absolute atomic E-state index is 0.405. The van der Waals surface area contributed by atoms with E-state index in [4.69, 9.17) is 4.74 Å². The number of aliphatic hydroxyl groups is 1. The van der Waals surface area contributed by atoms with Crippen molar-refractivity contribution in [2.75, 3.05) is 13.2 Å². The van der Waals surface area contributed by atoms with Gasteiger partial charge in [-0.1, -0.05) is 19.9 Å².